The predicted molar refractivity (Wildman–Crippen MR) is 61.2 cm³/mol. The largest absolute Gasteiger partial charge is 0.240 e. The highest BCUT2D eigenvalue weighted by Crippen LogP contribution is 2.09. The number of hydrogen-bond donors (Lipinski definition) is 1. The fraction of sp³-hybridized carbons (Fsp3) is 0.273. The first-order valence-corrected chi connectivity index (χ1v) is 6.11. The van der Waals surface area contributed by atoms with Crippen molar-refractivity contribution in [3.63, 3.8) is 0 Å². The van der Waals surface area contributed by atoms with Gasteiger partial charge in [0.2, 0.25) is 10.0 Å². The monoisotopic (exact) mass is 225 g/mol. The molecule has 0 fully saturated rings. The Bertz CT molecular complexity index is 446. The van der Waals surface area contributed by atoms with Gasteiger partial charge >= 0.3 is 0 Å². The van der Waals surface area contributed by atoms with Crippen LogP contribution in [0.4, 0.5) is 0 Å². The molecule has 0 bridgehead atoms. The molecule has 0 saturated carbocycles. The SMILES string of the molecule is C=C(C)CNS(=O)(=O)c1ccc(C)cc1. The molecule has 0 radical (unpaired) electrons. The van der Waals surface area contributed by atoms with Crippen molar-refractivity contribution < 1.29 is 8.42 Å². The van der Waals surface area contributed by atoms with Crippen LogP contribution in [0.5, 0.6) is 0 Å². The van der Waals surface area contributed by atoms with Gasteiger partial charge in [0.15, 0.2) is 0 Å². The van der Waals surface area contributed by atoms with Gasteiger partial charge in [-0.1, -0.05) is 29.8 Å². The molecule has 0 spiro atoms. The molecule has 0 aliphatic carbocycles. The van der Waals surface area contributed by atoms with Gasteiger partial charge < -0.3 is 0 Å². The minimum Gasteiger partial charge on any atom is -0.207 e. The molecule has 4 heteroatoms. The van der Waals surface area contributed by atoms with Gasteiger partial charge in [0, 0.05) is 6.54 Å². The summed E-state index contributed by atoms with van der Waals surface area (Å²) < 4.78 is 25.9. The highest BCUT2D eigenvalue weighted by molar-refractivity contribution is 7.89. The van der Waals surface area contributed by atoms with Gasteiger partial charge in [0.05, 0.1) is 4.90 Å². The molecular formula is C11H15NO2S. The Hall–Kier alpha value is -1.13. The highest BCUT2D eigenvalue weighted by atomic mass is 32.2. The van der Waals surface area contributed by atoms with E-state index in [0.717, 1.165) is 11.1 Å². The van der Waals surface area contributed by atoms with Crippen molar-refractivity contribution in [2.45, 2.75) is 18.7 Å². The van der Waals surface area contributed by atoms with E-state index in [1.165, 1.54) is 0 Å². The van der Waals surface area contributed by atoms with Crippen molar-refractivity contribution in [3.05, 3.63) is 42.0 Å². The lowest BCUT2D eigenvalue weighted by molar-refractivity contribution is 0.584. The van der Waals surface area contributed by atoms with Crippen LogP contribution in [0.25, 0.3) is 0 Å². The summed E-state index contributed by atoms with van der Waals surface area (Å²) in [6.07, 6.45) is 0. The zero-order chi connectivity index (χ0) is 11.5. The van der Waals surface area contributed by atoms with E-state index in [4.69, 9.17) is 0 Å². The standard InChI is InChI=1S/C11H15NO2S/c1-9(2)8-12-15(13,14)11-6-4-10(3)5-7-11/h4-7,12H,1,8H2,2-3H3. The van der Waals surface area contributed by atoms with Crippen LogP contribution in [0, 0.1) is 6.92 Å². The predicted octanol–water partition coefficient (Wildman–Crippen LogP) is 1.85. The van der Waals surface area contributed by atoms with Crippen LogP contribution in [-0.2, 0) is 10.0 Å². The molecule has 0 unspecified atom stereocenters. The number of nitrogens with one attached hydrogen (secondary N) is 1. The topological polar surface area (TPSA) is 46.2 Å². The molecule has 0 amide bonds. The van der Waals surface area contributed by atoms with Crippen LogP contribution in [-0.4, -0.2) is 15.0 Å². The maximum Gasteiger partial charge on any atom is 0.240 e. The van der Waals surface area contributed by atoms with Gasteiger partial charge in [-0.05, 0) is 26.0 Å². The molecule has 82 valence electrons. The van der Waals surface area contributed by atoms with E-state index in [9.17, 15) is 8.42 Å². The Balaban J connectivity index is 2.87. The summed E-state index contributed by atoms with van der Waals surface area (Å²) in [6, 6.07) is 6.73. The fourth-order valence-electron chi connectivity index (χ4n) is 1.02. The molecule has 0 aromatic heterocycles. The average Bonchev–Trinajstić information content (AvgIpc) is 2.16. The van der Waals surface area contributed by atoms with Crippen LogP contribution < -0.4 is 4.72 Å². The summed E-state index contributed by atoms with van der Waals surface area (Å²) in [5.74, 6) is 0. The fourth-order valence-corrected chi connectivity index (χ4v) is 2.12. The smallest absolute Gasteiger partial charge is 0.207 e. The molecule has 3 nitrogen and oxygen atoms in total. The summed E-state index contributed by atoms with van der Waals surface area (Å²) >= 11 is 0. The number of benzene rings is 1. The summed E-state index contributed by atoms with van der Waals surface area (Å²) in [5, 5.41) is 0. The van der Waals surface area contributed by atoms with Crippen LogP contribution in [0.1, 0.15) is 12.5 Å². The van der Waals surface area contributed by atoms with E-state index < -0.39 is 10.0 Å². The first-order chi connectivity index (χ1) is 6.92. The minimum absolute atomic E-state index is 0.274. The zero-order valence-corrected chi connectivity index (χ0v) is 9.76. The lowest BCUT2D eigenvalue weighted by atomic mass is 10.2. The second kappa shape index (κ2) is 4.59. The van der Waals surface area contributed by atoms with Crippen LogP contribution >= 0.6 is 0 Å². The number of hydrogen-bond acceptors (Lipinski definition) is 2. The lowest BCUT2D eigenvalue weighted by Gasteiger charge is -2.06. The summed E-state index contributed by atoms with van der Waals surface area (Å²) in [5.41, 5.74) is 1.82. The first kappa shape index (κ1) is 11.9. The van der Waals surface area contributed by atoms with E-state index in [1.54, 1.807) is 31.2 Å². The molecule has 0 heterocycles. The Labute approximate surface area is 90.9 Å². The Morgan fingerprint density at radius 1 is 1.33 bits per heavy atom. The molecule has 0 saturated heterocycles. The van der Waals surface area contributed by atoms with E-state index >= 15 is 0 Å². The van der Waals surface area contributed by atoms with E-state index in [1.807, 2.05) is 6.92 Å². The third-order valence-corrected chi connectivity index (χ3v) is 3.31. The Morgan fingerprint density at radius 3 is 2.33 bits per heavy atom. The molecule has 1 aromatic rings. The van der Waals surface area contributed by atoms with Gasteiger partial charge in [-0.15, -0.1) is 0 Å². The van der Waals surface area contributed by atoms with E-state index in [0.29, 0.717) is 0 Å². The van der Waals surface area contributed by atoms with Gasteiger partial charge in [0.1, 0.15) is 0 Å². The second-order valence-electron chi connectivity index (χ2n) is 3.59. The van der Waals surface area contributed by atoms with Crippen molar-refractivity contribution in [3.8, 4) is 0 Å². The molecule has 15 heavy (non-hydrogen) atoms. The van der Waals surface area contributed by atoms with E-state index in [-0.39, 0.29) is 11.4 Å². The third kappa shape index (κ3) is 3.49. The number of rotatable bonds is 4. The van der Waals surface area contributed by atoms with Gasteiger partial charge in [0.25, 0.3) is 0 Å². The normalized spacial score (nSPS) is 11.3. The van der Waals surface area contributed by atoms with Crippen molar-refractivity contribution in [1.82, 2.24) is 4.72 Å². The summed E-state index contributed by atoms with van der Waals surface area (Å²) in [7, 11) is -3.38. The van der Waals surface area contributed by atoms with Crippen molar-refractivity contribution >= 4 is 10.0 Å². The molecule has 0 aliphatic heterocycles. The van der Waals surface area contributed by atoms with E-state index in [2.05, 4.69) is 11.3 Å². The zero-order valence-electron chi connectivity index (χ0n) is 8.95. The van der Waals surface area contributed by atoms with Crippen molar-refractivity contribution in [2.24, 2.45) is 0 Å². The van der Waals surface area contributed by atoms with Crippen molar-refractivity contribution in [2.75, 3.05) is 6.54 Å². The Morgan fingerprint density at radius 2 is 1.87 bits per heavy atom. The highest BCUT2D eigenvalue weighted by Gasteiger charge is 2.12. The Kier molecular flexibility index (Phi) is 3.66. The summed E-state index contributed by atoms with van der Waals surface area (Å²) in [4.78, 5) is 0.286. The summed E-state index contributed by atoms with van der Waals surface area (Å²) in [6.45, 7) is 7.60. The molecule has 1 aromatic carbocycles. The molecular weight excluding hydrogens is 210 g/mol. The van der Waals surface area contributed by atoms with Crippen LogP contribution in [0.2, 0.25) is 0 Å². The third-order valence-electron chi connectivity index (χ3n) is 1.90. The minimum atomic E-state index is -3.38. The second-order valence-corrected chi connectivity index (χ2v) is 5.36. The quantitative estimate of drug-likeness (QED) is 0.795. The number of sulfonamides is 1. The van der Waals surface area contributed by atoms with Gasteiger partial charge in [-0.25, -0.2) is 13.1 Å². The van der Waals surface area contributed by atoms with Gasteiger partial charge in [-0.3, -0.25) is 0 Å². The molecule has 0 aliphatic rings. The first-order valence-electron chi connectivity index (χ1n) is 4.62. The molecule has 0 atom stereocenters. The lowest BCUT2D eigenvalue weighted by Crippen LogP contribution is -2.25. The number of aryl methyl sites for hydroxylation is 1. The molecule has 1 N–H and O–H groups in total. The van der Waals surface area contributed by atoms with Crippen molar-refractivity contribution in [1.29, 1.82) is 0 Å². The average molecular weight is 225 g/mol. The molecule has 1 rings (SSSR count). The van der Waals surface area contributed by atoms with Crippen LogP contribution in [0.3, 0.4) is 0 Å². The maximum atomic E-state index is 11.7. The van der Waals surface area contributed by atoms with Crippen LogP contribution in [0.15, 0.2) is 41.3 Å². The maximum absolute atomic E-state index is 11.7. The van der Waals surface area contributed by atoms with Gasteiger partial charge in [-0.2, -0.15) is 0 Å².